The molecule has 1 unspecified atom stereocenters. The van der Waals surface area contributed by atoms with Crippen molar-refractivity contribution in [3.05, 3.63) is 68.9 Å². The van der Waals surface area contributed by atoms with Crippen molar-refractivity contribution in [2.45, 2.75) is 19.4 Å². The third kappa shape index (κ3) is 3.85. The van der Waals surface area contributed by atoms with E-state index in [0.29, 0.717) is 10.8 Å². The number of para-hydroxylation sites is 1. The lowest BCUT2D eigenvalue weighted by atomic mass is 10.1. The normalized spacial score (nSPS) is 11.9. The number of nitrogens with zero attached hydrogens (tertiary/aromatic N) is 1. The number of hydrogen-bond acceptors (Lipinski definition) is 5. The molecule has 0 spiro atoms. The molecule has 28 heavy (non-hydrogen) atoms. The maximum absolute atomic E-state index is 13.4. The van der Waals surface area contributed by atoms with E-state index in [1.54, 1.807) is 18.1 Å². The van der Waals surface area contributed by atoms with E-state index in [9.17, 15) is 23.6 Å². The van der Waals surface area contributed by atoms with Crippen LogP contribution >= 0.6 is 0 Å². The number of esters is 1. The van der Waals surface area contributed by atoms with Crippen LogP contribution in [-0.4, -0.2) is 39.2 Å². The largest absolute Gasteiger partial charge is 0.464 e. The van der Waals surface area contributed by atoms with Crippen molar-refractivity contribution in [1.29, 1.82) is 0 Å². The lowest BCUT2D eigenvalue weighted by molar-refractivity contribution is -0.145. The molecule has 0 radical (unpaired) electrons. The van der Waals surface area contributed by atoms with Crippen molar-refractivity contribution < 1.29 is 18.7 Å². The second-order valence-corrected chi connectivity index (χ2v) is 5.92. The van der Waals surface area contributed by atoms with Gasteiger partial charge in [0.2, 0.25) is 5.82 Å². The van der Waals surface area contributed by atoms with Gasteiger partial charge in [-0.2, -0.15) is 4.39 Å². The maximum Gasteiger partial charge on any atom is 0.336 e. The fraction of sp³-hybridized carbons (Fsp3) is 0.222. The average molecular weight is 388 g/mol. The van der Waals surface area contributed by atoms with Crippen LogP contribution in [0.5, 0.6) is 0 Å². The first-order valence-corrected chi connectivity index (χ1v) is 8.44. The first-order chi connectivity index (χ1) is 13.4. The molecule has 0 saturated heterocycles. The van der Waals surface area contributed by atoms with Gasteiger partial charge in [0.1, 0.15) is 6.04 Å². The molecule has 3 N–H and O–H groups in total. The summed E-state index contributed by atoms with van der Waals surface area (Å²) in [5.41, 5.74) is -0.771. The van der Waals surface area contributed by atoms with E-state index >= 15 is 0 Å². The van der Waals surface area contributed by atoms with E-state index in [1.807, 2.05) is 24.3 Å². The summed E-state index contributed by atoms with van der Waals surface area (Å²) in [7, 11) is 0. The molecule has 2 aromatic heterocycles. The molecule has 0 bridgehead atoms. The fourth-order valence-corrected chi connectivity index (χ4v) is 2.77. The standard InChI is InChI=1S/C18H17FN4O5/c1-2-28-16(25)14(7-10-8-20-13-6-4-3-5-11(10)13)21-17(26)23-9-12(19)15(24)22-18(23)27/h3-6,8-9,14,20H,2,7H2,1H3,(H,21,26)(H,22,24,27). The Hall–Kier alpha value is -3.69. The van der Waals surface area contributed by atoms with Crippen molar-refractivity contribution in [2.24, 2.45) is 0 Å². The predicted octanol–water partition coefficient (Wildman–Crippen LogP) is 0.889. The summed E-state index contributed by atoms with van der Waals surface area (Å²) in [6.07, 6.45) is 2.24. The van der Waals surface area contributed by atoms with Crippen LogP contribution in [0, 0.1) is 5.82 Å². The molecule has 3 aromatic rings. The Labute approximate surface area is 157 Å². The molecule has 2 heterocycles. The van der Waals surface area contributed by atoms with Gasteiger partial charge in [-0.1, -0.05) is 18.2 Å². The molecule has 10 heteroatoms. The first kappa shape index (κ1) is 19.1. The number of H-pyrrole nitrogens is 2. The van der Waals surface area contributed by atoms with E-state index in [1.165, 1.54) is 0 Å². The van der Waals surface area contributed by atoms with E-state index in [2.05, 4.69) is 10.3 Å². The van der Waals surface area contributed by atoms with E-state index in [4.69, 9.17) is 4.74 Å². The summed E-state index contributed by atoms with van der Waals surface area (Å²) in [5.74, 6) is -2.02. The first-order valence-electron chi connectivity index (χ1n) is 8.44. The van der Waals surface area contributed by atoms with Gasteiger partial charge >= 0.3 is 17.7 Å². The third-order valence-corrected chi connectivity index (χ3v) is 4.09. The highest BCUT2D eigenvalue weighted by Crippen LogP contribution is 2.19. The van der Waals surface area contributed by atoms with Crippen LogP contribution in [0.2, 0.25) is 0 Å². The number of carbonyl (C=O) groups excluding carboxylic acids is 2. The average Bonchev–Trinajstić information content (AvgIpc) is 3.07. The summed E-state index contributed by atoms with van der Waals surface area (Å²) < 4.78 is 18.8. The number of fused-ring (bicyclic) bond motifs is 1. The molecule has 1 aromatic carbocycles. The lowest BCUT2D eigenvalue weighted by Crippen LogP contribution is -2.48. The molecule has 9 nitrogen and oxygen atoms in total. The highest BCUT2D eigenvalue weighted by molar-refractivity contribution is 5.87. The minimum Gasteiger partial charge on any atom is -0.464 e. The van der Waals surface area contributed by atoms with Crippen molar-refractivity contribution in [1.82, 2.24) is 19.9 Å². The number of nitrogens with one attached hydrogen (secondary N) is 3. The second-order valence-electron chi connectivity index (χ2n) is 5.92. The summed E-state index contributed by atoms with van der Waals surface area (Å²) in [6, 6.07) is 5.20. The second kappa shape index (κ2) is 7.91. The van der Waals surface area contributed by atoms with Crippen LogP contribution in [0.1, 0.15) is 12.5 Å². The number of aromatic amines is 2. The molecule has 0 saturated carbocycles. The highest BCUT2D eigenvalue weighted by atomic mass is 19.1. The van der Waals surface area contributed by atoms with E-state index < -0.39 is 35.1 Å². The molecule has 0 aliphatic rings. The zero-order valence-corrected chi connectivity index (χ0v) is 14.8. The minimum absolute atomic E-state index is 0.0785. The van der Waals surface area contributed by atoms with Gasteiger partial charge in [-0.25, -0.2) is 19.0 Å². The number of amides is 1. The van der Waals surface area contributed by atoms with Crippen molar-refractivity contribution in [2.75, 3.05) is 6.61 Å². The van der Waals surface area contributed by atoms with Crippen molar-refractivity contribution in [3.8, 4) is 0 Å². The zero-order chi connectivity index (χ0) is 20.3. The van der Waals surface area contributed by atoms with Crippen LogP contribution in [0.25, 0.3) is 10.9 Å². The number of ether oxygens (including phenoxy) is 1. The number of benzene rings is 1. The Morgan fingerprint density at radius 2 is 2.04 bits per heavy atom. The van der Waals surface area contributed by atoms with Gasteiger partial charge < -0.3 is 15.0 Å². The molecule has 0 aliphatic carbocycles. The monoisotopic (exact) mass is 388 g/mol. The Balaban J connectivity index is 1.89. The van der Waals surface area contributed by atoms with Crippen LogP contribution in [0.3, 0.4) is 0 Å². The summed E-state index contributed by atoms with van der Waals surface area (Å²) >= 11 is 0. The Bertz CT molecular complexity index is 1150. The molecule has 146 valence electrons. The van der Waals surface area contributed by atoms with Crippen LogP contribution in [0.4, 0.5) is 9.18 Å². The van der Waals surface area contributed by atoms with Crippen molar-refractivity contribution >= 4 is 22.9 Å². The number of halogens is 1. The quantitative estimate of drug-likeness (QED) is 0.560. The smallest absolute Gasteiger partial charge is 0.336 e. The maximum atomic E-state index is 13.4. The van der Waals surface area contributed by atoms with E-state index in [-0.39, 0.29) is 13.0 Å². The summed E-state index contributed by atoms with van der Waals surface area (Å²) in [4.78, 5) is 52.3. The molecular weight excluding hydrogens is 371 g/mol. The molecule has 1 atom stereocenters. The highest BCUT2D eigenvalue weighted by Gasteiger charge is 2.25. The van der Waals surface area contributed by atoms with Crippen LogP contribution in [0.15, 0.2) is 46.2 Å². The topological polar surface area (TPSA) is 126 Å². The Kier molecular flexibility index (Phi) is 5.39. The lowest BCUT2D eigenvalue weighted by Gasteiger charge is -2.17. The Morgan fingerprint density at radius 3 is 2.79 bits per heavy atom. The molecule has 0 fully saturated rings. The van der Waals surface area contributed by atoms with Crippen molar-refractivity contribution in [3.63, 3.8) is 0 Å². The molecule has 1 amide bonds. The van der Waals surface area contributed by atoms with Gasteiger partial charge in [-0.05, 0) is 18.6 Å². The van der Waals surface area contributed by atoms with Gasteiger partial charge in [0.25, 0.3) is 5.56 Å². The van der Waals surface area contributed by atoms with Gasteiger partial charge in [-0.15, -0.1) is 0 Å². The predicted molar refractivity (Wildman–Crippen MR) is 97.6 cm³/mol. The minimum atomic E-state index is -1.31. The number of carbonyl (C=O) groups is 2. The van der Waals surface area contributed by atoms with Gasteiger partial charge in [-0.3, -0.25) is 9.78 Å². The SMILES string of the molecule is CCOC(=O)C(Cc1c[nH]c2ccccc12)NC(=O)n1cc(F)c(=O)[nH]c1=O. The Morgan fingerprint density at radius 1 is 1.29 bits per heavy atom. The summed E-state index contributed by atoms with van der Waals surface area (Å²) in [6.45, 7) is 1.70. The number of hydrogen-bond donors (Lipinski definition) is 3. The third-order valence-electron chi connectivity index (χ3n) is 4.09. The fourth-order valence-electron chi connectivity index (χ4n) is 2.77. The van der Waals surface area contributed by atoms with Crippen LogP contribution in [-0.2, 0) is 16.0 Å². The summed E-state index contributed by atoms with van der Waals surface area (Å²) in [5, 5.41) is 3.21. The number of aromatic nitrogens is 3. The molecular formula is C18H17FN4O5. The molecule has 0 aliphatic heterocycles. The van der Waals surface area contributed by atoms with Gasteiger partial charge in [0.05, 0.1) is 12.8 Å². The van der Waals surface area contributed by atoms with Gasteiger partial charge in [0.15, 0.2) is 0 Å². The zero-order valence-electron chi connectivity index (χ0n) is 14.8. The van der Waals surface area contributed by atoms with E-state index in [0.717, 1.165) is 16.5 Å². The molecule has 3 rings (SSSR count). The van der Waals surface area contributed by atoms with Gasteiger partial charge in [0, 0.05) is 23.5 Å². The number of rotatable bonds is 5. The van der Waals surface area contributed by atoms with Crippen LogP contribution < -0.4 is 16.6 Å².